The van der Waals surface area contributed by atoms with E-state index in [4.69, 9.17) is 0 Å². The highest BCUT2D eigenvalue weighted by atomic mass is 14.0. The van der Waals surface area contributed by atoms with Crippen molar-refractivity contribution >= 4 is 0 Å². The zero-order valence-corrected chi connectivity index (χ0v) is 9.34. The fraction of sp³-hybridized carbons (Fsp3) is 0.429. The summed E-state index contributed by atoms with van der Waals surface area (Å²) in [5, 5.41) is 0. The molecule has 0 heteroatoms. The van der Waals surface area contributed by atoms with Crippen molar-refractivity contribution in [1.29, 1.82) is 0 Å². The molecule has 0 saturated heterocycles. The van der Waals surface area contributed by atoms with Crippen LogP contribution < -0.4 is 0 Å². The van der Waals surface area contributed by atoms with Gasteiger partial charge in [0.25, 0.3) is 0 Å². The third-order valence-corrected chi connectivity index (χ3v) is 2.49. The number of benzene rings is 1. The summed E-state index contributed by atoms with van der Waals surface area (Å²) in [4.78, 5) is 0. The van der Waals surface area contributed by atoms with Crippen LogP contribution in [0.4, 0.5) is 0 Å². The summed E-state index contributed by atoms with van der Waals surface area (Å²) in [5.74, 6) is 0. The maximum Gasteiger partial charge on any atom is -0.00904 e. The first-order valence-corrected chi connectivity index (χ1v) is 5.43. The van der Waals surface area contributed by atoms with E-state index in [1.807, 2.05) is 0 Å². The van der Waals surface area contributed by atoms with E-state index in [0.29, 0.717) is 0 Å². The number of hydrogen-bond donors (Lipinski definition) is 0. The number of hydrogen-bond acceptors (Lipinski definition) is 0. The van der Waals surface area contributed by atoms with Gasteiger partial charge in [0.2, 0.25) is 0 Å². The first-order valence-electron chi connectivity index (χ1n) is 5.43. The molecule has 0 bridgehead atoms. The highest BCUT2D eigenvalue weighted by Gasteiger charge is 1.98. The molecule has 14 heavy (non-hydrogen) atoms. The van der Waals surface area contributed by atoms with Crippen molar-refractivity contribution in [2.75, 3.05) is 0 Å². The van der Waals surface area contributed by atoms with Crippen LogP contribution in [0.5, 0.6) is 0 Å². The molecular weight excluding hydrogens is 168 g/mol. The topological polar surface area (TPSA) is 0 Å². The molecule has 0 aliphatic heterocycles. The molecule has 0 nitrogen and oxygen atoms in total. The molecule has 0 spiro atoms. The van der Waals surface area contributed by atoms with Gasteiger partial charge in [-0.15, -0.1) is 0 Å². The molecule has 0 atom stereocenters. The Kier molecular flexibility index (Phi) is 4.72. The van der Waals surface area contributed by atoms with Crippen LogP contribution in [0.3, 0.4) is 0 Å². The number of unbranched alkanes of at least 4 members (excludes halogenated alkanes) is 3. The lowest BCUT2D eigenvalue weighted by Gasteiger charge is -2.05. The van der Waals surface area contributed by atoms with Crippen LogP contribution >= 0.6 is 0 Å². The second kappa shape index (κ2) is 5.85. The van der Waals surface area contributed by atoms with Crippen molar-refractivity contribution in [2.45, 2.75) is 39.5 Å². The second-order valence-electron chi connectivity index (χ2n) is 3.91. The third kappa shape index (κ3) is 3.53. The molecule has 0 heterocycles. The van der Waals surface area contributed by atoms with Crippen LogP contribution in [0.2, 0.25) is 0 Å². The predicted octanol–water partition coefficient (Wildman–Crippen LogP) is 4.25. The molecule has 1 rings (SSSR count). The Morgan fingerprint density at radius 1 is 1.21 bits per heavy atom. The predicted molar refractivity (Wildman–Crippen MR) is 63.1 cm³/mol. The van der Waals surface area contributed by atoms with E-state index in [0.717, 1.165) is 6.42 Å². The van der Waals surface area contributed by atoms with E-state index in [9.17, 15) is 0 Å². The number of aryl methyl sites for hydroxylation is 2. The molecule has 0 amide bonds. The lowest BCUT2D eigenvalue weighted by molar-refractivity contribution is 0.742. The highest BCUT2D eigenvalue weighted by Crippen LogP contribution is 2.15. The average Bonchev–Trinajstić information content (AvgIpc) is 2.15. The van der Waals surface area contributed by atoms with Crippen molar-refractivity contribution < 1.29 is 0 Å². The minimum Gasteiger partial charge on any atom is -0.0590 e. The minimum atomic E-state index is 1.06. The van der Waals surface area contributed by atoms with Gasteiger partial charge < -0.3 is 0 Å². The van der Waals surface area contributed by atoms with E-state index in [2.05, 4.69) is 45.4 Å². The van der Waals surface area contributed by atoms with Crippen molar-refractivity contribution in [3.63, 3.8) is 0 Å². The van der Waals surface area contributed by atoms with Crippen LogP contribution in [-0.4, -0.2) is 0 Å². The van der Waals surface area contributed by atoms with E-state index < -0.39 is 0 Å². The van der Waals surface area contributed by atoms with E-state index >= 15 is 0 Å². The number of rotatable bonds is 5. The standard InChI is InChI=1S/C14H20/c1-4-5-6-7-8-14-10-9-12(2)11-13(14)3/h8-11H,1,4-7H2,2-3H3. The van der Waals surface area contributed by atoms with Gasteiger partial charge in [-0.25, -0.2) is 0 Å². The maximum absolute atomic E-state index is 3.85. The zero-order chi connectivity index (χ0) is 10.4. The molecule has 0 fully saturated rings. The quantitative estimate of drug-likeness (QED) is 0.606. The lowest BCUT2D eigenvalue weighted by Crippen LogP contribution is -1.88. The van der Waals surface area contributed by atoms with Crippen LogP contribution in [0, 0.1) is 27.2 Å². The third-order valence-electron chi connectivity index (χ3n) is 2.49. The van der Waals surface area contributed by atoms with Gasteiger partial charge in [-0.3, -0.25) is 0 Å². The van der Waals surface area contributed by atoms with Gasteiger partial charge in [0.05, 0.1) is 0 Å². The molecule has 0 saturated carbocycles. The summed E-state index contributed by atoms with van der Waals surface area (Å²) in [6.07, 6.45) is 7.07. The smallest absolute Gasteiger partial charge is 0.00904 e. The normalized spacial score (nSPS) is 10.5. The Labute approximate surface area is 88.4 Å². The Morgan fingerprint density at radius 2 is 2.00 bits per heavy atom. The molecule has 0 aliphatic carbocycles. The highest BCUT2D eigenvalue weighted by molar-refractivity contribution is 5.34. The second-order valence-corrected chi connectivity index (χ2v) is 3.91. The first kappa shape index (κ1) is 11.3. The van der Waals surface area contributed by atoms with Crippen molar-refractivity contribution in [3.05, 3.63) is 48.2 Å². The van der Waals surface area contributed by atoms with Gasteiger partial charge in [-0.05, 0) is 37.8 Å². The fourth-order valence-electron chi connectivity index (χ4n) is 1.63. The van der Waals surface area contributed by atoms with E-state index in [1.165, 1.54) is 36.0 Å². The van der Waals surface area contributed by atoms with Gasteiger partial charge in [-0.1, -0.05) is 49.9 Å². The molecule has 0 aliphatic rings. The van der Waals surface area contributed by atoms with Crippen LogP contribution in [0.25, 0.3) is 0 Å². The molecule has 1 aromatic rings. The minimum absolute atomic E-state index is 1.06. The van der Waals surface area contributed by atoms with Crippen molar-refractivity contribution in [3.8, 4) is 0 Å². The summed E-state index contributed by atoms with van der Waals surface area (Å²) in [5.41, 5.74) is 4.12. The molecule has 0 unspecified atom stereocenters. The van der Waals surface area contributed by atoms with Crippen LogP contribution in [0.1, 0.15) is 42.4 Å². The largest absolute Gasteiger partial charge is 0.0590 e. The summed E-state index contributed by atoms with van der Waals surface area (Å²) in [7, 11) is 0. The van der Waals surface area contributed by atoms with Crippen LogP contribution in [0.15, 0.2) is 18.2 Å². The fourth-order valence-corrected chi connectivity index (χ4v) is 1.63. The molecule has 2 radical (unpaired) electrons. The summed E-state index contributed by atoms with van der Waals surface area (Å²) < 4.78 is 0. The average molecular weight is 188 g/mol. The summed E-state index contributed by atoms with van der Waals surface area (Å²) in [6, 6.07) is 6.64. The monoisotopic (exact) mass is 188 g/mol. The molecule has 0 N–H and O–H groups in total. The Bertz CT molecular complexity index is 273. The van der Waals surface area contributed by atoms with Gasteiger partial charge in [0.15, 0.2) is 0 Å². The summed E-state index contributed by atoms with van der Waals surface area (Å²) in [6.45, 7) is 8.16. The Hall–Kier alpha value is -0.780. The maximum atomic E-state index is 3.85. The van der Waals surface area contributed by atoms with Gasteiger partial charge in [-0.2, -0.15) is 0 Å². The summed E-state index contributed by atoms with van der Waals surface area (Å²) >= 11 is 0. The Morgan fingerprint density at radius 3 is 2.64 bits per heavy atom. The van der Waals surface area contributed by atoms with Gasteiger partial charge in [0.1, 0.15) is 0 Å². The van der Waals surface area contributed by atoms with Crippen molar-refractivity contribution in [2.24, 2.45) is 0 Å². The molecular formula is C14H20. The van der Waals surface area contributed by atoms with Gasteiger partial charge in [0, 0.05) is 0 Å². The first-order chi connectivity index (χ1) is 6.74. The molecule has 76 valence electrons. The lowest BCUT2D eigenvalue weighted by atomic mass is 10.00. The van der Waals surface area contributed by atoms with E-state index in [1.54, 1.807) is 0 Å². The van der Waals surface area contributed by atoms with Crippen LogP contribution in [-0.2, 0) is 0 Å². The van der Waals surface area contributed by atoms with Crippen molar-refractivity contribution in [1.82, 2.24) is 0 Å². The van der Waals surface area contributed by atoms with E-state index in [-0.39, 0.29) is 0 Å². The molecule has 1 aromatic carbocycles. The molecule has 0 aromatic heterocycles. The SMILES string of the molecule is [CH2]CCCC[CH]c1ccc(C)cc1C. The Balaban J connectivity index is 2.42. The zero-order valence-electron chi connectivity index (χ0n) is 9.34. The van der Waals surface area contributed by atoms with Gasteiger partial charge >= 0.3 is 0 Å².